The first-order chi connectivity index (χ1) is 17.6. The van der Waals surface area contributed by atoms with E-state index in [2.05, 4.69) is 33.2 Å². The van der Waals surface area contributed by atoms with Crippen LogP contribution in [0.25, 0.3) is 0 Å². The molecule has 0 unspecified atom stereocenters. The number of aliphatic hydroxyl groups excluding tert-OH is 1. The van der Waals surface area contributed by atoms with Gasteiger partial charge in [-0.15, -0.1) is 0 Å². The second-order valence-corrected chi connectivity index (χ2v) is 10.8. The molecule has 0 aliphatic carbocycles. The lowest BCUT2D eigenvalue weighted by atomic mass is 10.0. The summed E-state index contributed by atoms with van der Waals surface area (Å²) in [6.07, 6.45) is -0.0967. The third-order valence-corrected chi connectivity index (χ3v) is 7.00. The first-order valence-corrected chi connectivity index (χ1v) is 13.6. The van der Waals surface area contributed by atoms with E-state index in [9.17, 15) is 23.5 Å². The van der Waals surface area contributed by atoms with Crippen molar-refractivity contribution in [3.63, 3.8) is 0 Å². The van der Waals surface area contributed by atoms with Crippen LogP contribution < -0.4 is 10.6 Å². The van der Waals surface area contributed by atoms with Gasteiger partial charge in [0.25, 0.3) is 0 Å². The fraction of sp³-hybridized carbons (Fsp3) is 0.481. The maximum Gasteiger partial charge on any atom is 0.237 e. The standard InChI is InChI=1S/C27H35F2IN4O3/c1-3-7-34-18(2)15-33(17-27(34)37)16-26(36)32-24(11-20-8-21(28)12-22(29)9-20)25(35)14-31-13-19-5-4-6-23(30)10-19/h4-6,8-10,12,18,24-25,31,35H,3,7,11,13-17H2,1-2H3,(H,32,36)/t18-,24+,25-/m1/s1. The van der Waals surface area contributed by atoms with Crippen LogP contribution in [0.1, 0.15) is 31.4 Å². The molecule has 3 N–H and O–H groups in total. The molecule has 37 heavy (non-hydrogen) atoms. The molecular formula is C27H35F2IN4O3. The number of hydrogen-bond donors (Lipinski definition) is 3. The Hall–Kier alpha value is -2.15. The summed E-state index contributed by atoms with van der Waals surface area (Å²) >= 11 is 2.23. The smallest absolute Gasteiger partial charge is 0.237 e. The van der Waals surface area contributed by atoms with Gasteiger partial charge in [-0.2, -0.15) is 0 Å². The highest BCUT2D eigenvalue weighted by Crippen LogP contribution is 2.14. The highest BCUT2D eigenvalue weighted by atomic mass is 127. The van der Waals surface area contributed by atoms with E-state index < -0.39 is 23.8 Å². The van der Waals surface area contributed by atoms with E-state index in [-0.39, 0.29) is 43.9 Å². The van der Waals surface area contributed by atoms with E-state index >= 15 is 0 Å². The van der Waals surface area contributed by atoms with E-state index in [1.165, 1.54) is 12.1 Å². The molecule has 1 aliphatic heterocycles. The number of benzene rings is 2. The van der Waals surface area contributed by atoms with Gasteiger partial charge >= 0.3 is 0 Å². The summed E-state index contributed by atoms with van der Waals surface area (Å²) in [6, 6.07) is 10.3. The van der Waals surface area contributed by atoms with Crippen LogP contribution in [-0.4, -0.2) is 77.6 Å². The largest absolute Gasteiger partial charge is 0.390 e. The highest BCUT2D eigenvalue weighted by Gasteiger charge is 2.31. The van der Waals surface area contributed by atoms with E-state index in [4.69, 9.17) is 0 Å². The number of piperazine rings is 1. The number of amides is 2. The van der Waals surface area contributed by atoms with Crippen molar-refractivity contribution in [2.75, 3.05) is 32.7 Å². The van der Waals surface area contributed by atoms with Crippen molar-refractivity contribution in [2.24, 2.45) is 0 Å². The summed E-state index contributed by atoms with van der Waals surface area (Å²) in [7, 11) is 0. The first kappa shape index (κ1) is 29.4. The van der Waals surface area contributed by atoms with Crippen LogP contribution in [0.2, 0.25) is 0 Å². The summed E-state index contributed by atoms with van der Waals surface area (Å²) in [5.74, 6) is -1.81. The van der Waals surface area contributed by atoms with Gasteiger partial charge in [-0.05, 0) is 77.7 Å². The lowest BCUT2D eigenvalue weighted by Crippen LogP contribution is -2.58. The number of nitrogens with zero attached hydrogens (tertiary/aromatic N) is 2. The fourth-order valence-electron chi connectivity index (χ4n) is 4.65. The molecule has 1 fully saturated rings. The number of aliphatic hydroxyl groups is 1. The molecule has 1 heterocycles. The number of hydrogen-bond acceptors (Lipinski definition) is 5. The summed E-state index contributed by atoms with van der Waals surface area (Å²) in [4.78, 5) is 29.1. The van der Waals surface area contributed by atoms with Gasteiger partial charge in [-0.3, -0.25) is 14.5 Å². The van der Waals surface area contributed by atoms with Crippen molar-refractivity contribution in [2.45, 2.75) is 51.4 Å². The van der Waals surface area contributed by atoms with Crippen molar-refractivity contribution in [3.8, 4) is 0 Å². The molecule has 0 saturated carbocycles. The van der Waals surface area contributed by atoms with Gasteiger partial charge in [0.2, 0.25) is 11.8 Å². The molecule has 2 amide bonds. The SMILES string of the molecule is CCCN1C(=O)CN(CC(=O)N[C@@H](Cc2cc(F)cc(F)c2)[C@H](O)CNCc2cccc(I)c2)C[C@H]1C. The monoisotopic (exact) mass is 628 g/mol. The molecule has 1 saturated heterocycles. The topological polar surface area (TPSA) is 84.9 Å². The van der Waals surface area contributed by atoms with Gasteiger partial charge in [0, 0.05) is 41.9 Å². The van der Waals surface area contributed by atoms with Gasteiger partial charge in [-0.1, -0.05) is 19.1 Å². The molecule has 3 atom stereocenters. The van der Waals surface area contributed by atoms with Crippen molar-refractivity contribution in [3.05, 3.63) is 68.8 Å². The van der Waals surface area contributed by atoms with Gasteiger partial charge in [-0.25, -0.2) is 8.78 Å². The normalized spacial score (nSPS) is 18.1. The van der Waals surface area contributed by atoms with E-state index in [0.717, 1.165) is 21.6 Å². The lowest BCUT2D eigenvalue weighted by molar-refractivity contribution is -0.140. The molecule has 202 valence electrons. The Balaban J connectivity index is 1.63. The predicted octanol–water partition coefficient (Wildman–Crippen LogP) is 2.69. The summed E-state index contributed by atoms with van der Waals surface area (Å²) in [5, 5.41) is 17.0. The summed E-state index contributed by atoms with van der Waals surface area (Å²) < 4.78 is 28.7. The Morgan fingerprint density at radius 1 is 1.19 bits per heavy atom. The zero-order valence-corrected chi connectivity index (χ0v) is 23.4. The Labute approximate surface area is 230 Å². The number of carbonyl (C=O) groups is 2. The maximum atomic E-state index is 13.8. The number of nitrogens with one attached hydrogen (secondary N) is 2. The maximum absolute atomic E-state index is 13.8. The second kappa shape index (κ2) is 14.1. The molecular weight excluding hydrogens is 593 g/mol. The highest BCUT2D eigenvalue weighted by molar-refractivity contribution is 14.1. The predicted molar refractivity (Wildman–Crippen MR) is 147 cm³/mol. The van der Waals surface area contributed by atoms with E-state index in [0.29, 0.717) is 25.2 Å². The molecule has 10 heteroatoms. The summed E-state index contributed by atoms with van der Waals surface area (Å²) in [6.45, 7) is 6.06. The molecule has 0 radical (unpaired) electrons. The third-order valence-electron chi connectivity index (χ3n) is 6.33. The van der Waals surface area contributed by atoms with Crippen molar-refractivity contribution in [1.82, 2.24) is 20.4 Å². The van der Waals surface area contributed by atoms with E-state index in [1.54, 1.807) is 4.90 Å². The summed E-state index contributed by atoms with van der Waals surface area (Å²) in [5.41, 5.74) is 1.38. The molecule has 7 nitrogen and oxygen atoms in total. The quantitative estimate of drug-likeness (QED) is 0.315. The minimum Gasteiger partial charge on any atom is -0.390 e. The lowest BCUT2D eigenvalue weighted by Gasteiger charge is -2.39. The van der Waals surface area contributed by atoms with Gasteiger partial charge in [0.15, 0.2) is 0 Å². The van der Waals surface area contributed by atoms with Crippen LogP contribution in [0.15, 0.2) is 42.5 Å². The zero-order chi connectivity index (χ0) is 26.9. The van der Waals surface area contributed by atoms with Crippen molar-refractivity contribution in [1.29, 1.82) is 0 Å². The molecule has 3 rings (SSSR count). The first-order valence-electron chi connectivity index (χ1n) is 12.5. The average molecular weight is 629 g/mol. The van der Waals surface area contributed by atoms with Gasteiger partial charge < -0.3 is 20.6 Å². The second-order valence-electron chi connectivity index (χ2n) is 9.59. The van der Waals surface area contributed by atoms with Crippen LogP contribution in [0.5, 0.6) is 0 Å². The molecule has 1 aliphatic rings. The Morgan fingerprint density at radius 3 is 2.57 bits per heavy atom. The van der Waals surface area contributed by atoms with Crippen LogP contribution in [0, 0.1) is 15.2 Å². The van der Waals surface area contributed by atoms with E-state index in [1.807, 2.05) is 43.0 Å². The van der Waals surface area contributed by atoms with Gasteiger partial charge in [0.1, 0.15) is 11.6 Å². The molecule has 0 bridgehead atoms. The Bertz CT molecular complexity index is 1050. The number of rotatable bonds is 12. The Morgan fingerprint density at radius 2 is 1.92 bits per heavy atom. The van der Waals surface area contributed by atoms with Gasteiger partial charge in [0.05, 0.1) is 25.2 Å². The Kier molecular flexibility index (Phi) is 11.2. The van der Waals surface area contributed by atoms with Crippen molar-refractivity contribution < 1.29 is 23.5 Å². The van der Waals surface area contributed by atoms with Crippen molar-refractivity contribution >= 4 is 34.4 Å². The fourth-order valence-corrected chi connectivity index (χ4v) is 5.25. The minimum atomic E-state index is -1.01. The molecule has 0 spiro atoms. The van der Waals surface area contributed by atoms with Crippen LogP contribution in [0.4, 0.5) is 8.78 Å². The zero-order valence-electron chi connectivity index (χ0n) is 21.2. The minimum absolute atomic E-state index is 0.00379. The van der Waals surface area contributed by atoms with Crippen LogP contribution in [-0.2, 0) is 22.6 Å². The third kappa shape index (κ3) is 9.27. The molecule has 2 aromatic carbocycles. The molecule has 0 aromatic heterocycles. The molecule has 2 aromatic rings. The number of halogens is 3. The van der Waals surface area contributed by atoms with Crippen LogP contribution >= 0.6 is 22.6 Å². The number of carbonyl (C=O) groups excluding carboxylic acids is 2. The average Bonchev–Trinajstić information content (AvgIpc) is 2.80. The van der Waals surface area contributed by atoms with Crippen LogP contribution in [0.3, 0.4) is 0 Å².